The molecule has 0 unspecified atom stereocenters. The summed E-state index contributed by atoms with van der Waals surface area (Å²) < 4.78 is 0. The van der Waals surface area contributed by atoms with Crippen LogP contribution in [0.4, 0.5) is 5.82 Å². The highest BCUT2D eigenvalue weighted by molar-refractivity contribution is 5.35. The maximum atomic E-state index is 4.29. The van der Waals surface area contributed by atoms with Crippen molar-refractivity contribution in [1.82, 2.24) is 10.3 Å². The molecule has 13 heavy (non-hydrogen) atoms. The molecule has 0 aliphatic carbocycles. The molecule has 1 aliphatic heterocycles. The molecule has 1 atom stereocenters. The number of anilines is 1. The van der Waals surface area contributed by atoms with Gasteiger partial charge in [-0.05, 0) is 31.0 Å². The lowest BCUT2D eigenvalue weighted by atomic mass is 10.1. The van der Waals surface area contributed by atoms with Crippen LogP contribution in [0.3, 0.4) is 0 Å². The Labute approximate surface area is 78.6 Å². The van der Waals surface area contributed by atoms with Gasteiger partial charge in [0.1, 0.15) is 5.82 Å². The van der Waals surface area contributed by atoms with E-state index in [1.54, 1.807) is 0 Å². The highest BCUT2D eigenvalue weighted by Crippen LogP contribution is 2.22. The fraction of sp³-hybridized carbons (Fsp3) is 0.500. The minimum absolute atomic E-state index is 0.526. The summed E-state index contributed by atoms with van der Waals surface area (Å²) in [5.74, 6) is 0.932. The van der Waals surface area contributed by atoms with Crippen molar-refractivity contribution in [2.45, 2.75) is 18.9 Å². The van der Waals surface area contributed by atoms with Crippen LogP contribution in [0.2, 0.25) is 0 Å². The van der Waals surface area contributed by atoms with Crippen molar-refractivity contribution in [1.29, 1.82) is 0 Å². The Morgan fingerprint density at radius 3 is 3.00 bits per heavy atom. The molecular formula is C10H15N3. The van der Waals surface area contributed by atoms with E-state index < -0.39 is 0 Å². The summed E-state index contributed by atoms with van der Waals surface area (Å²) in [6.07, 6.45) is 4.47. The Kier molecular flexibility index (Phi) is 2.45. The predicted octanol–water partition coefficient (Wildman–Crippen LogP) is 1.55. The molecule has 0 bridgehead atoms. The summed E-state index contributed by atoms with van der Waals surface area (Å²) in [4.78, 5) is 4.29. The molecule has 0 amide bonds. The average molecular weight is 177 g/mol. The molecule has 3 heteroatoms. The number of pyridine rings is 1. The van der Waals surface area contributed by atoms with Crippen LogP contribution in [0.5, 0.6) is 0 Å². The van der Waals surface area contributed by atoms with Crippen LogP contribution in [-0.4, -0.2) is 18.6 Å². The van der Waals surface area contributed by atoms with E-state index in [4.69, 9.17) is 0 Å². The van der Waals surface area contributed by atoms with Gasteiger partial charge < -0.3 is 10.6 Å². The monoisotopic (exact) mass is 177 g/mol. The Morgan fingerprint density at radius 2 is 2.46 bits per heavy atom. The number of hydrogen-bond acceptors (Lipinski definition) is 3. The SMILES string of the molecule is CNc1ccc([C@H]2CCCN2)cn1. The van der Waals surface area contributed by atoms with Gasteiger partial charge in [0.2, 0.25) is 0 Å². The van der Waals surface area contributed by atoms with Crippen molar-refractivity contribution in [2.24, 2.45) is 0 Å². The second kappa shape index (κ2) is 3.75. The van der Waals surface area contributed by atoms with Gasteiger partial charge in [0, 0.05) is 19.3 Å². The van der Waals surface area contributed by atoms with Gasteiger partial charge in [0.15, 0.2) is 0 Å². The second-order valence-electron chi connectivity index (χ2n) is 3.38. The van der Waals surface area contributed by atoms with Crippen molar-refractivity contribution in [3.8, 4) is 0 Å². The molecule has 3 nitrogen and oxygen atoms in total. The molecule has 1 saturated heterocycles. The first kappa shape index (κ1) is 8.51. The van der Waals surface area contributed by atoms with Gasteiger partial charge in [-0.25, -0.2) is 4.98 Å². The molecule has 1 aromatic heterocycles. The highest BCUT2D eigenvalue weighted by Gasteiger charge is 2.15. The minimum atomic E-state index is 0.526. The van der Waals surface area contributed by atoms with Crippen LogP contribution in [0.15, 0.2) is 18.3 Å². The first-order chi connectivity index (χ1) is 6.40. The van der Waals surface area contributed by atoms with Crippen molar-refractivity contribution < 1.29 is 0 Å². The van der Waals surface area contributed by atoms with Crippen molar-refractivity contribution in [2.75, 3.05) is 18.9 Å². The molecule has 2 rings (SSSR count). The quantitative estimate of drug-likeness (QED) is 0.719. The van der Waals surface area contributed by atoms with Gasteiger partial charge in [-0.3, -0.25) is 0 Å². The Hall–Kier alpha value is -1.09. The van der Waals surface area contributed by atoms with E-state index in [1.807, 2.05) is 19.3 Å². The Morgan fingerprint density at radius 1 is 1.54 bits per heavy atom. The summed E-state index contributed by atoms with van der Waals surface area (Å²) in [7, 11) is 1.88. The average Bonchev–Trinajstić information content (AvgIpc) is 2.71. The fourth-order valence-electron chi connectivity index (χ4n) is 1.73. The maximum absolute atomic E-state index is 4.29. The third-order valence-electron chi connectivity index (χ3n) is 2.51. The summed E-state index contributed by atoms with van der Waals surface area (Å²) in [6, 6.07) is 4.69. The zero-order valence-corrected chi connectivity index (χ0v) is 7.88. The van der Waals surface area contributed by atoms with E-state index in [0.29, 0.717) is 6.04 Å². The zero-order valence-electron chi connectivity index (χ0n) is 7.88. The molecule has 2 N–H and O–H groups in total. The van der Waals surface area contributed by atoms with E-state index in [2.05, 4.69) is 21.7 Å². The number of aromatic nitrogens is 1. The number of rotatable bonds is 2. The van der Waals surface area contributed by atoms with Crippen molar-refractivity contribution in [3.05, 3.63) is 23.9 Å². The van der Waals surface area contributed by atoms with E-state index in [9.17, 15) is 0 Å². The molecule has 1 aliphatic rings. The lowest BCUT2D eigenvalue weighted by Gasteiger charge is -2.10. The maximum Gasteiger partial charge on any atom is 0.125 e. The van der Waals surface area contributed by atoms with Crippen molar-refractivity contribution in [3.63, 3.8) is 0 Å². The largest absolute Gasteiger partial charge is 0.373 e. The third-order valence-corrected chi connectivity index (χ3v) is 2.51. The molecule has 1 fully saturated rings. The van der Waals surface area contributed by atoms with Gasteiger partial charge >= 0.3 is 0 Å². The van der Waals surface area contributed by atoms with Gasteiger partial charge in [-0.2, -0.15) is 0 Å². The molecule has 70 valence electrons. The van der Waals surface area contributed by atoms with Gasteiger partial charge in [0.25, 0.3) is 0 Å². The van der Waals surface area contributed by atoms with Crippen LogP contribution in [0.1, 0.15) is 24.4 Å². The summed E-state index contributed by atoms with van der Waals surface area (Å²) in [5, 5.41) is 6.46. The summed E-state index contributed by atoms with van der Waals surface area (Å²) in [6.45, 7) is 1.14. The predicted molar refractivity (Wildman–Crippen MR) is 53.8 cm³/mol. The standard InChI is InChI=1S/C10H15N3/c1-11-10-5-4-8(7-13-10)9-3-2-6-12-9/h4-5,7,9,12H,2-3,6H2,1H3,(H,11,13)/t9-/m1/s1. The highest BCUT2D eigenvalue weighted by atomic mass is 15.0. The van der Waals surface area contributed by atoms with Crippen LogP contribution >= 0.6 is 0 Å². The van der Waals surface area contributed by atoms with Crippen molar-refractivity contribution >= 4 is 5.82 Å². The van der Waals surface area contributed by atoms with Gasteiger partial charge in [-0.1, -0.05) is 6.07 Å². The molecule has 0 radical (unpaired) electrons. The second-order valence-corrected chi connectivity index (χ2v) is 3.38. The summed E-state index contributed by atoms with van der Waals surface area (Å²) in [5.41, 5.74) is 1.30. The number of nitrogens with one attached hydrogen (secondary N) is 2. The molecule has 0 saturated carbocycles. The normalized spacial score (nSPS) is 21.8. The molecule has 0 aromatic carbocycles. The lowest BCUT2D eigenvalue weighted by molar-refractivity contribution is 0.645. The van der Waals surface area contributed by atoms with E-state index >= 15 is 0 Å². The Balaban J connectivity index is 2.12. The fourth-order valence-corrected chi connectivity index (χ4v) is 1.73. The third kappa shape index (κ3) is 1.80. The smallest absolute Gasteiger partial charge is 0.125 e. The topological polar surface area (TPSA) is 37.0 Å². The summed E-state index contributed by atoms with van der Waals surface area (Å²) >= 11 is 0. The molecule has 0 spiro atoms. The number of hydrogen-bond donors (Lipinski definition) is 2. The number of nitrogens with zero attached hydrogens (tertiary/aromatic N) is 1. The lowest BCUT2D eigenvalue weighted by Crippen LogP contribution is -2.13. The Bertz CT molecular complexity index is 262. The van der Waals surface area contributed by atoms with E-state index in [-0.39, 0.29) is 0 Å². The molecular weight excluding hydrogens is 162 g/mol. The van der Waals surface area contributed by atoms with Gasteiger partial charge in [-0.15, -0.1) is 0 Å². The first-order valence-corrected chi connectivity index (χ1v) is 4.77. The minimum Gasteiger partial charge on any atom is -0.373 e. The molecule has 1 aromatic rings. The van der Waals surface area contributed by atoms with Crippen LogP contribution in [0, 0.1) is 0 Å². The van der Waals surface area contributed by atoms with Crippen LogP contribution < -0.4 is 10.6 Å². The van der Waals surface area contributed by atoms with E-state index in [0.717, 1.165) is 12.4 Å². The first-order valence-electron chi connectivity index (χ1n) is 4.77. The van der Waals surface area contributed by atoms with Gasteiger partial charge in [0.05, 0.1) is 0 Å². The zero-order chi connectivity index (χ0) is 9.10. The van der Waals surface area contributed by atoms with Crippen LogP contribution in [0.25, 0.3) is 0 Å². The molecule has 2 heterocycles. The van der Waals surface area contributed by atoms with E-state index in [1.165, 1.54) is 18.4 Å². The van der Waals surface area contributed by atoms with Crippen LogP contribution in [-0.2, 0) is 0 Å².